The molecule has 0 atom stereocenters. The predicted molar refractivity (Wildman–Crippen MR) is 102 cm³/mol. The van der Waals surface area contributed by atoms with Crippen molar-refractivity contribution in [1.82, 2.24) is 5.32 Å². The van der Waals surface area contributed by atoms with Gasteiger partial charge in [0.15, 0.2) is 0 Å². The van der Waals surface area contributed by atoms with Gasteiger partial charge in [-0.05, 0) is 43.2 Å². The molecule has 0 saturated heterocycles. The van der Waals surface area contributed by atoms with E-state index in [1.54, 1.807) is 24.3 Å². The van der Waals surface area contributed by atoms with Gasteiger partial charge < -0.3 is 5.32 Å². The van der Waals surface area contributed by atoms with Crippen molar-refractivity contribution in [2.75, 3.05) is 23.7 Å². The SMILES string of the molecule is Cc1ccc(N(CC(=O)NCCc2ccc(Cl)cc2)S(C)(=O)=O)cc1. The minimum atomic E-state index is -3.55. The van der Waals surface area contributed by atoms with E-state index >= 15 is 0 Å². The zero-order chi connectivity index (χ0) is 18.4. The summed E-state index contributed by atoms with van der Waals surface area (Å²) in [5, 5.41) is 3.41. The molecule has 25 heavy (non-hydrogen) atoms. The highest BCUT2D eigenvalue weighted by atomic mass is 35.5. The summed E-state index contributed by atoms with van der Waals surface area (Å²) in [5.74, 6) is -0.347. The fraction of sp³-hybridized carbons (Fsp3) is 0.278. The van der Waals surface area contributed by atoms with Crippen LogP contribution in [0.5, 0.6) is 0 Å². The van der Waals surface area contributed by atoms with Crippen molar-refractivity contribution >= 4 is 33.2 Å². The van der Waals surface area contributed by atoms with Crippen molar-refractivity contribution in [3.8, 4) is 0 Å². The number of nitrogens with zero attached hydrogens (tertiary/aromatic N) is 1. The third-order valence-corrected chi connectivity index (χ3v) is 5.05. The van der Waals surface area contributed by atoms with Crippen LogP contribution in [0.4, 0.5) is 5.69 Å². The molecule has 5 nitrogen and oxygen atoms in total. The summed E-state index contributed by atoms with van der Waals surface area (Å²) < 4.78 is 25.1. The van der Waals surface area contributed by atoms with Crippen molar-refractivity contribution in [3.05, 3.63) is 64.7 Å². The Hall–Kier alpha value is -2.05. The monoisotopic (exact) mass is 380 g/mol. The Morgan fingerprint density at radius 2 is 1.68 bits per heavy atom. The Bertz CT molecular complexity index is 818. The maximum Gasteiger partial charge on any atom is 0.240 e. The molecular formula is C18H21ClN2O3S. The molecule has 7 heteroatoms. The number of aryl methyl sites for hydroxylation is 1. The molecule has 0 fully saturated rings. The lowest BCUT2D eigenvalue weighted by Gasteiger charge is -2.22. The summed E-state index contributed by atoms with van der Waals surface area (Å²) in [6.45, 7) is 2.09. The molecule has 2 aromatic carbocycles. The van der Waals surface area contributed by atoms with Gasteiger partial charge in [-0.1, -0.05) is 41.4 Å². The largest absolute Gasteiger partial charge is 0.354 e. The lowest BCUT2D eigenvalue weighted by Crippen LogP contribution is -2.40. The second-order valence-corrected chi connectivity index (χ2v) is 8.17. The summed E-state index contributed by atoms with van der Waals surface area (Å²) in [7, 11) is -3.55. The molecule has 1 amide bonds. The number of nitrogens with one attached hydrogen (secondary N) is 1. The standard InChI is InChI=1S/C18H21ClN2O3S/c1-14-3-9-17(10-4-14)21(25(2,23)24)13-18(22)20-12-11-15-5-7-16(19)8-6-15/h3-10H,11-13H2,1-2H3,(H,20,22). The molecule has 0 aromatic heterocycles. The average Bonchev–Trinajstić information content (AvgIpc) is 2.54. The van der Waals surface area contributed by atoms with Crippen molar-refractivity contribution in [1.29, 1.82) is 0 Å². The zero-order valence-corrected chi connectivity index (χ0v) is 15.8. The van der Waals surface area contributed by atoms with E-state index in [2.05, 4.69) is 5.32 Å². The Kier molecular flexibility index (Phi) is 6.45. The molecule has 0 aliphatic rings. The van der Waals surface area contributed by atoms with E-state index in [9.17, 15) is 13.2 Å². The average molecular weight is 381 g/mol. The predicted octanol–water partition coefficient (Wildman–Crippen LogP) is 2.77. The lowest BCUT2D eigenvalue weighted by molar-refractivity contribution is -0.119. The van der Waals surface area contributed by atoms with Gasteiger partial charge in [0.05, 0.1) is 11.9 Å². The normalized spacial score (nSPS) is 11.2. The van der Waals surface area contributed by atoms with Crippen LogP contribution in [0.25, 0.3) is 0 Å². The van der Waals surface area contributed by atoms with Gasteiger partial charge in [-0.15, -0.1) is 0 Å². The number of sulfonamides is 1. The van der Waals surface area contributed by atoms with Gasteiger partial charge in [0.2, 0.25) is 15.9 Å². The second kappa shape index (κ2) is 8.36. The third kappa shape index (κ3) is 6.07. The molecule has 0 aliphatic carbocycles. The van der Waals surface area contributed by atoms with Gasteiger partial charge in [0.1, 0.15) is 6.54 Å². The van der Waals surface area contributed by atoms with Gasteiger partial charge >= 0.3 is 0 Å². The van der Waals surface area contributed by atoms with E-state index in [-0.39, 0.29) is 12.5 Å². The molecule has 0 saturated carbocycles. The number of amides is 1. The summed E-state index contributed by atoms with van der Waals surface area (Å²) in [6.07, 6.45) is 1.74. The molecule has 134 valence electrons. The first-order chi connectivity index (χ1) is 11.8. The Labute approximate surface area is 153 Å². The maximum atomic E-state index is 12.1. The smallest absolute Gasteiger partial charge is 0.240 e. The molecule has 2 aromatic rings. The first-order valence-electron chi connectivity index (χ1n) is 7.81. The van der Waals surface area contributed by atoms with Crippen molar-refractivity contribution in [2.24, 2.45) is 0 Å². The van der Waals surface area contributed by atoms with E-state index in [4.69, 9.17) is 11.6 Å². The van der Waals surface area contributed by atoms with Crippen LogP contribution >= 0.6 is 11.6 Å². The van der Waals surface area contributed by atoms with Crippen LogP contribution in [0.15, 0.2) is 48.5 Å². The minimum absolute atomic E-state index is 0.248. The van der Waals surface area contributed by atoms with Crippen molar-refractivity contribution in [2.45, 2.75) is 13.3 Å². The van der Waals surface area contributed by atoms with Crippen LogP contribution in [-0.4, -0.2) is 33.7 Å². The van der Waals surface area contributed by atoms with E-state index in [1.165, 1.54) is 0 Å². The van der Waals surface area contributed by atoms with Gasteiger partial charge in [0, 0.05) is 11.6 Å². The van der Waals surface area contributed by atoms with Crippen molar-refractivity contribution in [3.63, 3.8) is 0 Å². The number of hydrogen-bond acceptors (Lipinski definition) is 3. The number of rotatable bonds is 7. The number of hydrogen-bond donors (Lipinski definition) is 1. The van der Waals surface area contributed by atoms with E-state index in [0.717, 1.165) is 21.7 Å². The summed E-state index contributed by atoms with van der Waals surface area (Å²) in [6, 6.07) is 14.4. The van der Waals surface area contributed by atoms with Gasteiger partial charge in [-0.3, -0.25) is 9.10 Å². The van der Waals surface area contributed by atoms with Crippen LogP contribution in [0.3, 0.4) is 0 Å². The van der Waals surface area contributed by atoms with Crippen LogP contribution in [0.2, 0.25) is 5.02 Å². The molecule has 0 bridgehead atoms. The fourth-order valence-corrected chi connectivity index (χ4v) is 3.28. The third-order valence-electron chi connectivity index (χ3n) is 3.66. The topological polar surface area (TPSA) is 66.5 Å². The summed E-state index contributed by atoms with van der Waals surface area (Å²) >= 11 is 5.83. The lowest BCUT2D eigenvalue weighted by atomic mass is 10.1. The highest BCUT2D eigenvalue weighted by Crippen LogP contribution is 2.17. The minimum Gasteiger partial charge on any atom is -0.354 e. The molecular weight excluding hydrogens is 360 g/mol. The summed E-state index contributed by atoms with van der Waals surface area (Å²) in [5.41, 5.74) is 2.54. The fourth-order valence-electron chi connectivity index (χ4n) is 2.29. The quantitative estimate of drug-likeness (QED) is 0.803. The molecule has 0 aliphatic heterocycles. The molecule has 0 unspecified atom stereocenters. The second-order valence-electron chi connectivity index (χ2n) is 5.83. The molecule has 0 spiro atoms. The number of carbonyl (C=O) groups excluding carboxylic acids is 1. The van der Waals surface area contributed by atoms with E-state index in [0.29, 0.717) is 23.7 Å². The van der Waals surface area contributed by atoms with Crippen molar-refractivity contribution < 1.29 is 13.2 Å². The number of carbonyl (C=O) groups is 1. The summed E-state index contributed by atoms with van der Waals surface area (Å²) in [4.78, 5) is 12.1. The first kappa shape index (κ1) is 19.3. The molecule has 0 radical (unpaired) electrons. The van der Waals surface area contributed by atoms with Gasteiger partial charge in [-0.25, -0.2) is 8.42 Å². The van der Waals surface area contributed by atoms with Crippen LogP contribution in [0, 0.1) is 6.92 Å². The molecule has 0 heterocycles. The van der Waals surface area contributed by atoms with Crippen LogP contribution in [-0.2, 0) is 21.2 Å². The number of anilines is 1. The Balaban J connectivity index is 1.95. The van der Waals surface area contributed by atoms with Gasteiger partial charge in [0.25, 0.3) is 0 Å². The van der Waals surface area contributed by atoms with Crippen LogP contribution in [0.1, 0.15) is 11.1 Å². The Morgan fingerprint density at radius 3 is 2.24 bits per heavy atom. The van der Waals surface area contributed by atoms with Gasteiger partial charge in [-0.2, -0.15) is 0 Å². The van der Waals surface area contributed by atoms with E-state index in [1.807, 2.05) is 31.2 Å². The Morgan fingerprint density at radius 1 is 1.08 bits per heavy atom. The van der Waals surface area contributed by atoms with Crippen LogP contribution < -0.4 is 9.62 Å². The zero-order valence-electron chi connectivity index (χ0n) is 14.2. The maximum absolute atomic E-state index is 12.1. The number of halogens is 1. The number of benzene rings is 2. The molecule has 1 N–H and O–H groups in total. The highest BCUT2D eigenvalue weighted by molar-refractivity contribution is 7.92. The van der Waals surface area contributed by atoms with E-state index < -0.39 is 10.0 Å². The first-order valence-corrected chi connectivity index (χ1v) is 10.0. The highest BCUT2D eigenvalue weighted by Gasteiger charge is 2.20. The molecule has 2 rings (SSSR count).